The van der Waals surface area contributed by atoms with Crippen LogP contribution in [-0.2, 0) is 24.1 Å². The number of aromatic nitrogens is 2. The maximum atomic E-state index is 12.6. The van der Waals surface area contributed by atoms with Crippen LogP contribution in [-0.4, -0.2) is 41.0 Å². The van der Waals surface area contributed by atoms with Crippen LogP contribution in [0.15, 0.2) is 30.6 Å². The summed E-state index contributed by atoms with van der Waals surface area (Å²) in [5, 5.41) is 0. The third-order valence-corrected chi connectivity index (χ3v) is 4.34. The lowest BCUT2D eigenvalue weighted by atomic mass is 10.1. The van der Waals surface area contributed by atoms with Gasteiger partial charge in [-0.25, -0.2) is 9.97 Å². The quantitative estimate of drug-likeness (QED) is 0.869. The molecule has 0 saturated carbocycles. The minimum atomic E-state index is 0.150. The van der Waals surface area contributed by atoms with Gasteiger partial charge in [0.2, 0.25) is 5.91 Å². The van der Waals surface area contributed by atoms with Gasteiger partial charge in [0.25, 0.3) is 0 Å². The molecule has 1 aromatic carbocycles. The molecular weight excluding hydrogens is 290 g/mol. The van der Waals surface area contributed by atoms with Gasteiger partial charge in [0.15, 0.2) is 0 Å². The van der Waals surface area contributed by atoms with Crippen LogP contribution in [0.1, 0.15) is 22.5 Å². The topological polar surface area (TPSA) is 55.3 Å². The number of aryl methyl sites for hydroxylation is 1. The Morgan fingerprint density at radius 1 is 1.26 bits per heavy atom. The van der Waals surface area contributed by atoms with Crippen LogP contribution in [0.25, 0.3) is 0 Å². The summed E-state index contributed by atoms with van der Waals surface area (Å²) in [6, 6.07) is 7.68. The second-order valence-corrected chi connectivity index (χ2v) is 5.79. The van der Waals surface area contributed by atoms with Gasteiger partial charge in [0.1, 0.15) is 12.1 Å². The lowest BCUT2D eigenvalue weighted by Crippen LogP contribution is -2.34. The normalized spacial score (nSPS) is 14.1. The fraction of sp³-hybridized carbons (Fsp3) is 0.389. The molecule has 1 aromatic heterocycles. The molecule has 1 amide bonds. The van der Waals surface area contributed by atoms with E-state index in [4.69, 9.17) is 4.74 Å². The monoisotopic (exact) mass is 311 g/mol. The summed E-state index contributed by atoms with van der Waals surface area (Å²) in [6.45, 7) is 3.45. The number of fused-ring (bicyclic) bond motifs is 1. The summed E-state index contributed by atoms with van der Waals surface area (Å²) in [4.78, 5) is 23.2. The summed E-state index contributed by atoms with van der Waals surface area (Å²) in [7, 11) is 1.64. The molecule has 0 spiro atoms. The molecule has 5 nitrogen and oxygen atoms in total. The van der Waals surface area contributed by atoms with Crippen molar-refractivity contribution in [3.63, 3.8) is 0 Å². The molecule has 0 radical (unpaired) electrons. The second-order valence-electron chi connectivity index (χ2n) is 5.79. The van der Waals surface area contributed by atoms with Crippen LogP contribution >= 0.6 is 0 Å². The smallest absolute Gasteiger partial charge is 0.227 e. The predicted molar refractivity (Wildman–Crippen MR) is 87.5 cm³/mol. The summed E-state index contributed by atoms with van der Waals surface area (Å²) >= 11 is 0. The molecule has 0 aliphatic carbocycles. The molecule has 0 N–H and O–H groups in total. The van der Waals surface area contributed by atoms with Gasteiger partial charge in [-0.15, -0.1) is 0 Å². The van der Waals surface area contributed by atoms with E-state index in [2.05, 4.69) is 9.97 Å². The molecule has 5 heteroatoms. The first-order valence-corrected chi connectivity index (χ1v) is 7.87. The third kappa shape index (κ3) is 3.50. The Labute approximate surface area is 136 Å². The van der Waals surface area contributed by atoms with Crippen molar-refractivity contribution in [1.82, 2.24) is 14.9 Å². The summed E-state index contributed by atoms with van der Waals surface area (Å²) in [5.41, 5.74) is 4.28. The summed E-state index contributed by atoms with van der Waals surface area (Å²) in [5.74, 6) is 0.932. The van der Waals surface area contributed by atoms with Gasteiger partial charge in [-0.05, 0) is 36.6 Å². The molecule has 1 aliphatic heterocycles. The number of carbonyl (C=O) groups is 1. The van der Waals surface area contributed by atoms with Gasteiger partial charge in [-0.1, -0.05) is 12.1 Å². The number of rotatable bonds is 3. The molecule has 0 fully saturated rings. The van der Waals surface area contributed by atoms with E-state index >= 15 is 0 Å². The van der Waals surface area contributed by atoms with Gasteiger partial charge in [-0.3, -0.25) is 4.79 Å². The largest absolute Gasteiger partial charge is 0.497 e. The van der Waals surface area contributed by atoms with E-state index in [9.17, 15) is 4.79 Å². The average molecular weight is 311 g/mol. The molecule has 0 bridgehead atoms. The van der Waals surface area contributed by atoms with Gasteiger partial charge in [0, 0.05) is 30.9 Å². The van der Waals surface area contributed by atoms with E-state index in [0.29, 0.717) is 13.0 Å². The van der Waals surface area contributed by atoms with Crippen LogP contribution in [0, 0.1) is 6.92 Å². The van der Waals surface area contributed by atoms with Gasteiger partial charge < -0.3 is 9.64 Å². The fourth-order valence-corrected chi connectivity index (χ4v) is 3.01. The number of amides is 1. The molecule has 0 saturated heterocycles. The highest BCUT2D eigenvalue weighted by Crippen LogP contribution is 2.18. The van der Waals surface area contributed by atoms with E-state index in [-0.39, 0.29) is 5.91 Å². The number of carbonyl (C=O) groups excluding carboxylic acids is 1. The zero-order valence-corrected chi connectivity index (χ0v) is 13.6. The van der Waals surface area contributed by atoms with Gasteiger partial charge in [0.05, 0.1) is 13.5 Å². The number of ether oxygens (including phenoxy) is 1. The van der Waals surface area contributed by atoms with Crippen LogP contribution in [0.4, 0.5) is 0 Å². The molecule has 0 unspecified atom stereocenters. The van der Waals surface area contributed by atoms with Crippen LogP contribution in [0.3, 0.4) is 0 Å². The van der Waals surface area contributed by atoms with Crippen molar-refractivity contribution >= 4 is 5.91 Å². The molecule has 1 aliphatic rings. The Balaban J connectivity index is 1.68. The maximum Gasteiger partial charge on any atom is 0.227 e. The van der Waals surface area contributed by atoms with Crippen molar-refractivity contribution in [2.75, 3.05) is 20.2 Å². The van der Waals surface area contributed by atoms with Crippen molar-refractivity contribution in [3.8, 4) is 5.75 Å². The lowest BCUT2D eigenvalue weighted by molar-refractivity contribution is -0.130. The number of hydrogen-bond donors (Lipinski definition) is 0. The van der Waals surface area contributed by atoms with Crippen molar-refractivity contribution in [3.05, 3.63) is 53.1 Å². The summed E-state index contributed by atoms with van der Waals surface area (Å²) in [6.07, 6.45) is 3.63. The number of hydrogen-bond acceptors (Lipinski definition) is 4. The van der Waals surface area contributed by atoms with Crippen LogP contribution in [0.5, 0.6) is 5.75 Å². The highest BCUT2D eigenvalue weighted by Gasteiger charge is 2.20. The maximum absolute atomic E-state index is 12.6. The third-order valence-electron chi connectivity index (χ3n) is 4.34. The Bertz CT molecular complexity index is 715. The van der Waals surface area contributed by atoms with Crippen molar-refractivity contribution in [1.29, 1.82) is 0 Å². The van der Waals surface area contributed by atoms with Crippen molar-refractivity contribution < 1.29 is 9.53 Å². The Kier molecular flexibility index (Phi) is 4.55. The van der Waals surface area contributed by atoms with E-state index < -0.39 is 0 Å². The van der Waals surface area contributed by atoms with Crippen LogP contribution < -0.4 is 4.74 Å². The fourth-order valence-electron chi connectivity index (χ4n) is 3.01. The molecule has 2 heterocycles. The molecule has 2 aromatic rings. The minimum Gasteiger partial charge on any atom is -0.497 e. The van der Waals surface area contributed by atoms with E-state index in [1.807, 2.05) is 36.1 Å². The van der Waals surface area contributed by atoms with Gasteiger partial charge >= 0.3 is 0 Å². The first-order valence-electron chi connectivity index (χ1n) is 7.87. The van der Waals surface area contributed by atoms with Crippen molar-refractivity contribution in [2.24, 2.45) is 0 Å². The van der Waals surface area contributed by atoms with Crippen molar-refractivity contribution in [2.45, 2.75) is 26.2 Å². The highest BCUT2D eigenvalue weighted by atomic mass is 16.5. The molecular formula is C18H21N3O2. The minimum absolute atomic E-state index is 0.150. The van der Waals surface area contributed by atoms with Crippen LogP contribution in [0.2, 0.25) is 0 Å². The number of benzene rings is 1. The first kappa shape index (κ1) is 15.5. The first-order chi connectivity index (χ1) is 11.2. The Hall–Kier alpha value is -2.43. The average Bonchev–Trinajstić information content (AvgIpc) is 2.79. The molecule has 0 atom stereocenters. The van der Waals surface area contributed by atoms with Gasteiger partial charge in [-0.2, -0.15) is 0 Å². The predicted octanol–water partition coefficient (Wildman–Crippen LogP) is 1.96. The second kappa shape index (κ2) is 6.77. The Morgan fingerprint density at radius 3 is 2.91 bits per heavy atom. The van der Waals surface area contributed by atoms with E-state index in [0.717, 1.165) is 42.1 Å². The Morgan fingerprint density at radius 2 is 2.09 bits per heavy atom. The molecule has 120 valence electrons. The van der Waals surface area contributed by atoms with E-state index in [1.165, 1.54) is 5.56 Å². The SMILES string of the molecule is COc1cccc(CC(=O)N2CCc3ncnc(C)c3CC2)c1. The number of methoxy groups -OCH3 is 1. The zero-order valence-electron chi connectivity index (χ0n) is 13.6. The zero-order chi connectivity index (χ0) is 16.2. The molecule has 23 heavy (non-hydrogen) atoms. The standard InChI is InChI=1S/C18H21N3O2/c1-13-16-6-8-21(9-7-17(16)20-12-19-13)18(22)11-14-4-3-5-15(10-14)23-2/h3-5,10,12H,6-9,11H2,1-2H3. The highest BCUT2D eigenvalue weighted by molar-refractivity contribution is 5.79. The number of nitrogens with zero attached hydrogens (tertiary/aromatic N) is 3. The summed E-state index contributed by atoms with van der Waals surface area (Å²) < 4.78 is 5.22. The molecule has 3 rings (SSSR count). The van der Waals surface area contributed by atoms with E-state index in [1.54, 1.807) is 13.4 Å². The lowest BCUT2D eigenvalue weighted by Gasteiger charge is -2.20.